The summed E-state index contributed by atoms with van der Waals surface area (Å²) in [5.41, 5.74) is 3.08. The van der Waals surface area contributed by atoms with Crippen molar-refractivity contribution in [1.82, 2.24) is 14.5 Å². The number of carbonyl (C=O) groups is 1. The number of aromatic nitrogens is 3. The molecule has 0 spiro atoms. The van der Waals surface area contributed by atoms with Crippen molar-refractivity contribution in [1.29, 1.82) is 0 Å². The molecule has 3 aromatic heterocycles. The van der Waals surface area contributed by atoms with Gasteiger partial charge in [-0.25, -0.2) is 14.4 Å². The summed E-state index contributed by atoms with van der Waals surface area (Å²) < 4.78 is 15.5. The van der Waals surface area contributed by atoms with Gasteiger partial charge in [0.2, 0.25) is 0 Å². The van der Waals surface area contributed by atoms with Crippen LogP contribution in [-0.4, -0.2) is 26.1 Å². The first-order chi connectivity index (χ1) is 13.0. The number of carbonyl (C=O) groups excluding carboxylic acids is 1. The summed E-state index contributed by atoms with van der Waals surface area (Å²) in [6, 6.07) is 10.2. The number of hydrogen-bond donors (Lipinski definition) is 0. The molecular weight excluding hydrogens is 381 g/mol. The fourth-order valence-electron chi connectivity index (χ4n) is 3.15. The highest BCUT2D eigenvalue weighted by Gasteiger charge is 2.18. The molecule has 27 heavy (non-hydrogen) atoms. The van der Waals surface area contributed by atoms with Crippen LogP contribution in [0.5, 0.6) is 0 Å². The maximum absolute atomic E-state index is 13.6. The van der Waals surface area contributed by atoms with Gasteiger partial charge in [-0.05, 0) is 49.6 Å². The number of aryl methyl sites for hydroxylation is 1. The number of thiophene rings is 1. The minimum atomic E-state index is -0.299. The van der Waals surface area contributed by atoms with Crippen molar-refractivity contribution in [2.75, 3.05) is 5.75 Å². The molecular formula is C20H16FN3OS2. The Labute approximate surface area is 164 Å². The maximum atomic E-state index is 13.6. The van der Waals surface area contributed by atoms with Crippen molar-refractivity contribution in [2.24, 2.45) is 0 Å². The fraction of sp³-hybridized carbons (Fsp3) is 0.150. The molecule has 0 atom stereocenters. The molecule has 0 fully saturated rings. The topological polar surface area (TPSA) is 47.8 Å². The first-order valence-corrected chi connectivity index (χ1v) is 10.2. The van der Waals surface area contributed by atoms with Crippen LogP contribution in [0, 0.1) is 19.7 Å². The van der Waals surface area contributed by atoms with Gasteiger partial charge in [0.15, 0.2) is 5.78 Å². The highest BCUT2D eigenvalue weighted by atomic mass is 32.2. The van der Waals surface area contributed by atoms with Gasteiger partial charge in [0.25, 0.3) is 0 Å². The molecule has 0 saturated carbocycles. The van der Waals surface area contributed by atoms with E-state index in [1.54, 1.807) is 17.4 Å². The summed E-state index contributed by atoms with van der Waals surface area (Å²) in [5.74, 6) is 0.0137. The van der Waals surface area contributed by atoms with Gasteiger partial charge in [-0.3, -0.25) is 4.79 Å². The summed E-state index contributed by atoms with van der Waals surface area (Å²) in [6.45, 7) is 3.80. The monoisotopic (exact) mass is 397 g/mol. The molecule has 0 N–H and O–H groups in total. The standard InChI is InChI=1S/C20H16FN3OS2/c1-12-8-17(13(2)24(12)15-5-3-4-14(21)9-15)18(25)10-27-20-16-6-7-26-19(16)22-11-23-20/h3-9,11H,10H2,1-2H3. The normalized spacial score (nSPS) is 11.2. The first kappa shape index (κ1) is 17.9. The van der Waals surface area contributed by atoms with Crippen LogP contribution in [0.2, 0.25) is 0 Å². The molecule has 136 valence electrons. The van der Waals surface area contributed by atoms with Crippen LogP contribution in [0.4, 0.5) is 4.39 Å². The molecule has 0 bridgehead atoms. The van der Waals surface area contributed by atoms with Crippen molar-refractivity contribution in [3.63, 3.8) is 0 Å². The molecule has 0 unspecified atom stereocenters. The summed E-state index contributed by atoms with van der Waals surface area (Å²) in [5, 5.41) is 3.76. The van der Waals surface area contributed by atoms with Crippen LogP contribution < -0.4 is 0 Å². The fourth-order valence-corrected chi connectivity index (χ4v) is 4.81. The third-order valence-electron chi connectivity index (χ3n) is 4.36. The lowest BCUT2D eigenvalue weighted by Gasteiger charge is -2.10. The molecule has 0 amide bonds. The van der Waals surface area contributed by atoms with Gasteiger partial charge < -0.3 is 4.57 Å². The van der Waals surface area contributed by atoms with Gasteiger partial charge in [-0.1, -0.05) is 17.8 Å². The van der Waals surface area contributed by atoms with Gasteiger partial charge >= 0.3 is 0 Å². The largest absolute Gasteiger partial charge is 0.318 e. The Bertz CT molecular complexity index is 1150. The van der Waals surface area contributed by atoms with Crippen molar-refractivity contribution >= 4 is 39.1 Å². The van der Waals surface area contributed by atoms with E-state index in [4.69, 9.17) is 0 Å². The Morgan fingerprint density at radius 1 is 1.22 bits per heavy atom. The van der Waals surface area contributed by atoms with E-state index >= 15 is 0 Å². The maximum Gasteiger partial charge on any atom is 0.174 e. The zero-order valence-corrected chi connectivity index (χ0v) is 16.4. The van der Waals surface area contributed by atoms with E-state index in [1.807, 2.05) is 42.0 Å². The number of thioether (sulfide) groups is 1. The first-order valence-electron chi connectivity index (χ1n) is 8.33. The molecule has 4 rings (SSSR count). The Hall–Kier alpha value is -2.51. The van der Waals surface area contributed by atoms with E-state index in [0.717, 1.165) is 26.6 Å². The van der Waals surface area contributed by atoms with E-state index in [0.29, 0.717) is 11.3 Å². The quantitative estimate of drug-likeness (QED) is 0.263. The van der Waals surface area contributed by atoms with E-state index in [-0.39, 0.29) is 17.4 Å². The van der Waals surface area contributed by atoms with E-state index in [1.165, 1.54) is 30.2 Å². The Kier molecular flexibility index (Phi) is 4.80. The zero-order valence-electron chi connectivity index (χ0n) is 14.8. The van der Waals surface area contributed by atoms with Crippen molar-refractivity contribution in [2.45, 2.75) is 18.9 Å². The highest BCUT2D eigenvalue weighted by Crippen LogP contribution is 2.29. The van der Waals surface area contributed by atoms with Gasteiger partial charge in [-0.15, -0.1) is 11.3 Å². The Morgan fingerprint density at radius 2 is 2.07 bits per heavy atom. The van der Waals surface area contributed by atoms with Gasteiger partial charge in [0.05, 0.1) is 5.75 Å². The minimum absolute atomic E-state index is 0.0257. The summed E-state index contributed by atoms with van der Waals surface area (Å²) in [4.78, 5) is 22.3. The number of rotatable bonds is 5. The third kappa shape index (κ3) is 3.40. The minimum Gasteiger partial charge on any atom is -0.318 e. The zero-order chi connectivity index (χ0) is 19.0. The third-order valence-corrected chi connectivity index (χ3v) is 6.19. The molecule has 1 aromatic carbocycles. The Morgan fingerprint density at radius 3 is 2.89 bits per heavy atom. The SMILES string of the molecule is Cc1cc(C(=O)CSc2ncnc3sccc23)c(C)n1-c1cccc(F)c1. The Balaban J connectivity index is 1.59. The summed E-state index contributed by atoms with van der Waals surface area (Å²) in [6.07, 6.45) is 1.53. The van der Waals surface area contributed by atoms with Crippen LogP contribution in [0.15, 0.2) is 53.1 Å². The average molecular weight is 398 g/mol. The van der Waals surface area contributed by atoms with Crippen LogP contribution in [0.25, 0.3) is 15.9 Å². The molecule has 4 nitrogen and oxygen atoms in total. The van der Waals surface area contributed by atoms with Crippen LogP contribution >= 0.6 is 23.1 Å². The predicted molar refractivity (Wildman–Crippen MR) is 108 cm³/mol. The summed E-state index contributed by atoms with van der Waals surface area (Å²) in [7, 11) is 0. The van der Waals surface area contributed by atoms with Gasteiger partial charge in [-0.2, -0.15) is 0 Å². The number of nitrogens with zero attached hydrogens (tertiary/aromatic N) is 3. The van der Waals surface area contributed by atoms with Crippen molar-refractivity contribution in [3.05, 3.63) is 70.9 Å². The lowest BCUT2D eigenvalue weighted by atomic mass is 10.2. The second-order valence-corrected chi connectivity index (χ2v) is 7.99. The van der Waals surface area contributed by atoms with Crippen LogP contribution in [-0.2, 0) is 0 Å². The molecule has 7 heteroatoms. The van der Waals surface area contributed by atoms with Crippen molar-refractivity contribution < 1.29 is 9.18 Å². The number of hydrogen-bond acceptors (Lipinski definition) is 5. The number of benzene rings is 1. The van der Waals surface area contributed by atoms with Gasteiger partial charge in [0, 0.05) is 28.0 Å². The van der Waals surface area contributed by atoms with E-state index in [2.05, 4.69) is 9.97 Å². The highest BCUT2D eigenvalue weighted by molar-refractivity contribution is 8.00. The second kappa shape index (κ2) is 7.25. The second-order valence-electron chi connectivity index (χ2n) is 6.13. The lowest BCUT2D eigenvalue weighted by Crippen LogP contribution is -2.06. The van der Waals surface area contributed by atoms with Crippen LogP contribution in [0.3, 0.4) is 0 Å². The molecule has 0 radical (unpaired) electrons. The van der Waals surface area contributed by atoms with E-state index in [9.17, 15) is 9.18 Å². The predicted octanol–water partition coefficient (Wildman–Crippen LogP) is 5.21. The molecule has 3 heterocycles. The molecule has 0 aliphatic carbocycles. The number of halogens is 1. The number of fused-ring (bicyclic) bond motifs is 1. The smallest absolute Gasteiger partial charge is 0.174 e. The lowest BCUT2D eigenvalue weighted by molar-refractivity contribution is 0.102. The van der Waals surface area contributed by atoms with E-state index < -0.39 is 0 Å². The molecule has 0 aliphatic heterocycles. The number of ketones is 1. The molecule has 0 saturated heterocycles. The molecule has 0 aliphatic rings. The van der Waals surface area contributed by atoms with Crippen LogP contribution in [0.1, 0.15) is 21.7 Å². The van der Waals surface area contributed by atoms with Crippen molar-refractivity contribution in [3.8, 4) is 5.69 Å². The average Bonchev–Trinajstić information content (AvgIpc) is 3.24. The van der Waals surface area contributed by atoms with Gasteiger partial charge in [0.1, 0.15) is 22.0 Å². The molecule has 4 aromatic rings. The summed E-state index contributed by atoms with van der Waals surface area (Å²) >= 11 is 2.97. The number of Topliss-reactive ketones (excluding diaryl/α,β-unsaturated/α-hetero) is 1.